The predicted octanol–water partition coefficient (Wildman–Crippen LogP) is 2.02. The summed E-state index contributed by atoms with van der Waals surface area (Å²) in [5, 5.41) is 3.37. The number of nitrogens with zero attached hydrogens (tertiary/aromatic N) is 1. The standard InChI is InChI=1S/C14H28N2O/c1(3-10-16-11-5-12-16)2-4-13-17-14-6-8-15-9-7-14/h14-15H,1-13H2. The van der Waals surface area contributed by atoms with Gasteiger partial charge in [-0.1, -0.05) is 12.8 Å². The van der Waals surface area contributed by atoms with Gasteiger partial charge in [0.2, 0.25) is 0 Å². The van der Waals surface area contributed by atoms with E-state index in [0.717, 1.165) is 19.7 Å². The van der Waals surface area contributed by atoms with Gasteiger partial charge in [0.1, 0.15) is 0 Å². The zero-order chi connectivity index (χ0) is 11.8. The number of likely N-dealkylation sites (tertiary alicyclic amines) is 1. The summed E-state index contributed by atoms with van der Waals surface area (Å²) in [4.78, 5) is 2.56. The van der Waals surface area contributed by atoms with Gasteiger partial charge in [-0.15, -0.1) is 0 Å². The molecule has 2 rings (SSSR count). The second kappa shape index (κ2) is 8.06. The molecule has 2 aliphatic rings. The average molecular weight is 240 g/mol. The zero-order valence-corrected chi connectivity index (χ0v) is 11.1. The third-order valence-electron chi connectivity index (χ3n) is 3.96. The third kappa shape index (κ3) is 5.36. The van der Waals surface area contributed by atoms with Crippen LogP contribution in [0.4, 0.5) is 0 Å². The molecule has 17 heavy (non-hydrogen) atoms. The highest BCUT2D eigenvalue weighted by atomic mass is 16.5. The van der Waals surface area contributed by atoms with Crippen molar-refractivity contribution in [3.05, 3.63) is 0 Å². The Kier molecular flexibility index (Phi) is 6.32. The lowest BCUT2D eigenvalue weighted by Crippen LogP contribution is -2.37. The predicted molar refractivity (Wildman–Crippen MR) is 71.4 cm³/mol. The third-order valence-corrected chi connectivity index (χ3v) is 3.96. The molecule has 3 heteroatoms. The number of piperidine rings is 1. The van der Waals surface area contributed by atoms with Crippen LogP contribution in [0.5, 0.6) is 0 Å². The maximum absolute atomic E-state index is 5.89. The van der Waals surface area contributed by atoms with Crippen LogP contribution in [0.15, 0.2) is 0 Å². The van der Waals surface area contributed by atoms with Crippen LogP contribution in [0, 0.1) is 0 Å². The Bertz CT molecular complexity index is 189. The molecule has 100 valence electrons. The lowest BCUT2D eigenvalue weighted by Gasteiger charge is -2.30. The molecule has 0 spiro atoms. The van der Waals surface area contributed by atoms with Crippen LogP contribution in [0.3, 0.4) is 0 Å². The van der Waals surface area contributed by atoms with Gasteiger partial charge in [0.05, 0.1) is 6.10 Å². The van der Waals surface area contributed by atoms with E-state index in [9.17, 15) is 0 Å². The molecular formula is C14H28N2O. The second-order valence-corrected chi connectivity index (χ2v) is 5.43. The number of hydrogen-bond acceptors (Lipinski definition) is 3. The zero-order valence-electron chi connectivity index (χ0n) is 11.1. The molecular weight excluding hydrogens is 212 g/mol. The molecule has 1 N–H and O–H groups in total. The van der Waals surface area contributed by atoms with Gasteiger partial charge in [-0.3, -0.25) is 0 Å². The van der Waals surface area contributed by atoms with Crippen LogP contribution in [-0.2, 0) is 4.74 Å². The molecule has 0 aromatic heterocycles. The maximum Gasteiger partial charge on any atom is 0.0599 e. The van der Waals surface area contributed by atoms with Crippen LogP contribution >= 0.6 is 0 Å². The Balaban J connectivity index is 1.33. The molecule has 2 saturated heterocycles. The number of nitrogens with one attached hydrogen (secondary N) is 1. The summed E-state index contributed by atoms with van der Waals surface area (Å²) in [6.45, 7) is 7.28. The number of rotatable bonds is 8. The molecule has 0 aromatic carbocycles. The Morgan fingerprint density at radius 3 is 2.47 bits per heavy atom. The quantitative estimate of drug-likeness (QED) is 0.657. The fourth-order valence-electron chi connectivity index (χ4n) is 2.61. The molecule has 2 heterocycles. The molecule has 0 aromatic rings. The van der Waals surface area contributed by atoms with Gasteiger partial charge in [-0.05, 0) is 64.8 Å². The minimum atomic E-state index is 0.539. The first-order chi connectivity index (χ1) is 8.45. The van der Waals surface area contributed by atoms with Crippen molar-refractivity contribution in [3.8, 4) is 0 Å². The minimum absolute atomic E-state index is 0.539. The fourth-order valence-corrected chi connectivity index (χ4v) is 2.61. The SMILES string of the molecule is C(CCCN1CCC1)CCOC1CCNCC1. The van der Waals surface area contributed by atoms with Crippen molar-refractivity contribution < 1.29 is 4.74 Å². The summed E-state index contributed by atoms with van der Waals surface area (Å²) in [5.74, 6) is 0. The van der Waals surface area contributed by atoms with E-state index in [2.05, 4.69) is 10.2 Å². The van der Waals surface area contributed by atoms with Gasteiger partial charge in [0.15, 0.2) is 0 Å². The monoisotopic (exact) mass is 240 g/mol. The molecule has 0 bridgehead atoms. The van der Waals surface area contributed by atoms with Crippen molar-refractivity contribution in [3.63, 3.8) is 0 Å². The Hall–Kier alpha value is -0.120. The van der Waals surface area contributed by atoms with Crippen LogP contribution in [-0.4, -0.2) is 50.3 Å². The molecule has 2 fully saturated rings. The average Bonchev–Trinajstić information content (AvgIpc) is 2.31. The van der Waals surface area contributed by atoms with E-state index in [1.807, 2.05) is 0 Å². The molecule has 0 saturated carbocycles. The van der Waals surface area contributed by atoms with E-state index in [0.29, 0.717) is 6.10 Å². The molecule has 2 aliphatic heterocycles. The van der Waals surface area contributed by atoms with Gasteiger partial charge in [-0.25, -0.2) is 0 Å². The highest BCUT2D eigenvalue weighted by Gasteiger charge is 2.13. The first-order valence-corrected chi connectivity index (χ1v) is 7.50. The molecule has 3 nitrogen and oxygen atoms in total. The Labute approximate surface area is 106 Å². The summed E-state index contributed by atoms with van der Waals surface area (Å²) >= 11 is 0. The minimum Gasteiger partial charge on any atom is -0.378 e. The normalized spacial score (nSPS) is 22.6. The van der Waals surface area contributed by atoms with Crippen molar-refractivity contribution >= 4 is 0 Å². The lowest BCUT2D eigenvalue weighted by molar-refractivity contribution is 0.0306. The van der Waals surface area contributed by atoms with Crippen molar-refractivity contribution in [2.24, 2.45) is 0 Å². The van der Waals surface area contributed by atoms with Crippen molar-refractivity contribution in [1.29, 1.82) is 0 Å². The maximum atomic E-state index is 5.89. The van der Waals surface area contributed by atoms with Gasteiger partial charge >= 0.3 is 0 Å². The number of ether oxygens (including phenoxy) is 1. The van der Waals surface area contributed by atoms with Crippen molar-refractivity contribution in [2.45, 2.75) is 51.0 Å². The fraction of sp³-hybridized carbons (Fsp3) is 1.00. The molecule has 0 atom stereocenters. The van der Waals surface area contributed by atoms with E-state index in [1.54, 1.807) is 0 Å². The van der Waals surface area contributed by atoms with E-state index >= 15 is 0 Å². The summed E-state index contributed by atoms with van der Waals surface area (Å²) in [6.07, 6.45) is 9.73. The van der Waals surface area contributed by atoms with Crippen LogP contribution in [0.1, 0.15) is 44.9 Å². The van der Waals surface area contributed by atoms with E-state index in [4.69, 9.17) is 4.74 Å². The van der Waals surface area contributed by atoms with Gasteiger partial charge in [0, 0.05) is 6.61 Å². The molecule has 0 radical (unpaired) electrons. The summed E-state index contributed by atoms with van der Waals surface area (Å²) in [5.41, 5.74) is 0. The highest BCUT2D eigenvalue weighted by Crippen LogP contribution is 2.10. The van der Waals surface area contributed by atoms with Gasteiger partial charge in [-0.2, -0.15) is 0 Å². The largest absolute Gasteiger partial charge is 0.378 e. The lowest BCUT2D eigenvalue weighted by atomic mass is 10.1. The smallest absolute Gasteiger partial charge is 0.0599 e. The van der Waals surface area contributed by atoms with Gasteiger partial charge in [0.25, 0.3) is 0 Å². The highest BCUT2D eigenvalue weighted by molar-refractivity contribution is 4.68. The van der Waals surface area contributed by atoms with Gasteiger partial charge < -0.3 is 15.0 Å². The number of hydrogen-bond donors (Lipinski definition) is 1. The summed E-state index contributed by atoms with van der Waals surface area (Å²) in [7, 11) is 0. The van der Waals surface area contributed by atoms with E-state index in [-0.39, 0.29) is 0 Å². The molecule has 0 amide bonds. The Morgan fingerprint density at radius 1 is 1.00 bits per heavy atom. The van der Waals surface area contributed by atoms with E-state index in [1.165, 1.54) is 64.6 Å². The topological polar surface area (TPSA) is 24.5 Å². The van der Waals surface area contributed by atoms with Crippen LogP contribution in [0.2, 0.25) is 0 Å². The van der Waals surface area contributed by atoms with Crippen LogP contribution < -0.4 is 5.32 Å². The second-order valence-electron chi connectivity index (χ2n) is 5.43. The Morgan fingerprint density at radius 2 is 1.76 bits per heavy atom. The molecule has 0 aliphatic carbocycles. The van der Waals surface area contributed by atoms with Crippen molar-refractivity contribution in [1.82, 2.24) is 10.2 Å². The molecule has 0 unspecified atom stereocenters. The van der Waals surface area contributed by atoms with Crippen molar-refractivity contribution in [2.75, 3.05) is 39.3 Å². The number of unbranched alkanes of at least 4 members (excludes halogenated alkanes) is 3. The summed E-state index contributed by atoms with van der Waals surface area (Å²) < 4.78 is 5.89. The first-order valence-electron chi connectivity index (χ1n) is 7.50. The van der Waals surface area contributed by atoms with Crippen LogP contribution in [0.25, 0.3) is 0 Å². The summed E-state index contributed by atoms with van der Waals surface area (Å²) in [6, 6.07) is 0. The first kappa shape index (κ1) is 13.3. The van der Waals surface area contributed by atoms with E-state index < -0.39 is 0 Å².